The average Bonchev–Trinajstić information content (AvgIpc) is 3.31. The van der Waals surface area contributed by atoms with E-state index in [2.05, 4.69) is 51.6 Å². The molecule has 4 aromatic rings. The Labute approximate surface area is 142 Å². The summed E-state index contributed by atoms with van der Waals surface area (Å²) < 4.78 is 7.18. The minimum atomic E-state index is 0.464. The first-order valence-corrected chi connectivity index (χ1v) is 8.42. The molecule has 0 unspecified atom stereocenters. The Hall–Kier alpha value is -2.80. The molecule has 0 spiro atoms. The van der Waals surface area contributed by atoms with Gasteiger partial charge in [-0.15, -0.1) is 16.4 Å². The fourth-order valence-corrected chi connectivity index (χ4v) is 3.05. The predicted molar refractivity (Wildman–Crippen MR) is 91.6 cm³/mol. The summed E-state index contributed by atoms with van der Waals surface area (Å²) in [6.45, 7) is 4.70. The molecule has 0 saturated heterocycles. The summed E-state index contributed by atoms with van der Waals surface area (Å²) in [6, 6.07) is 12.3. The van der Waals surface area contributed by atoms with E-state index in [-0.39, 0.29) is 0 Å². The van der Waals surface area contributed by atoms with Gasteiger partial charge < -0.3 is 4.52 Å². The third-order valence-corrected chi connectivity index (χ3v) is 4.66. The molecule has 0 atom stereocenters. The van der Waals surface area contributed by atoms with Gasteiger partial charge in [-0.2, -0.15) is 4.98 Å². The van der Waals surface area contributed by atoms with Crippen LogP contribution in [-0.2, 0) is 6.54 Å². The van der Waals surface area contributed by atoms with Gasteiger partial charge in [0.25, 0.3) is 5.89 Å². The lowest BCUT2D eigenvalue weighted by Gasteiger charge is -2.04. The van der Waals surface area contributed by atoms with E-state index in [1.807, 2.05) is 29.1 Å². The van der Waals surface area contributed by atoms with Crippen LogP contribution in [0.2, 0.25) is 0 Å². The van der Waals surface area contributed by atoms with Gasteiger partial charge in [-0.05, 0) is 30.9 Å². The first-order valence-electron chi connectivity index (χ1n) is 7.54. The van der Waals surface area contributed by atoms with Crippen LogP contribution in [0.3, 0.4) is 0 Å². The zero-order chi connectivity index (χ0) is 16.5. The maximum Gasteiger partial charge on any atom is 0.268 e. The lowest BCUT2D eigenvalue weighted by Crippen LogP contribution is -2.04. The molecule has 120 valence electrons. The summed E-state index contributed by atoms with van der Waals surface area (Å²) in [5.74, 6) is 0.971. The van der Waals surface area contributed by atoms with Gasteiger partial charge in [-0.3, -0.25) is 0 Å². The van der Waals surface area contributed by atoms with Crippen LogP contribution < -0.4 is 0 Å². The number of rotatable bonds is 4. The van der Waals surface area contributed by atoms with Crippen LogP contribution in [0.4, 0.5) is 0 Å². The van der Waals surface area contributed by atoms with Crippen LogP contribution in [0, 0.1) is 13.8 Å². The minimum Gasteiger partial charge on any atom is -0.333 e. The molecule has 6 nitrogen and oxygen atoms in total. The lowest BCUT2D eigenvalue weighted by atomic mass is 10.1. The van der Waals surface area contributed by atoms with Crippen LogP contribution in [0.15, 0.2) is 46.3 Å². The highest BCUT2D eigenvalue weighted by atomic mass is 32.1. The molecular formula is C17H15N5OS. The average molecular weight is 337 g/mol. The molecule has 0 amide bonds. The molecule has 0 fully saturated rings. The molecule has 3 heterocycles. The zero-order valence-electron chi connectivity index (χ0n) is 13.3. The normalized spacial score (nSPS) is 11.1. The predicted octanol–water partition coefficient (Wildman–Crippen LogP) is 3.72. The van der Waals surface area contributed by atoms with E-state index >= 15 is 0 Å². The van der Waals surface area contributed by atoms with Gasteiger partial charge in [0.05, 0.1) is 17.1 Å². The maximum absolute atomic E-state index is 5.33. The Balaban J connectivity index is 1.61. The first-order chi connectivity index (χ1) is 11.7. The van der Waals surface area contributed by atoms with E-state index in [0.717, 1.165) is 10.6 Å². The quantitative estimate of drug-likeness (QED) is 0.567. The first kappa shape index (κ1) is 14.8. The molecule has 0 aliphatic carbocycles. The number of benzene rings is 1. The summed E-state index contributed by atoms with van der Waals surface area (Å²) in [4.78, 5) is 5.38. The van der Waals surface area contributed by atoms with Gasteiger partial charge in [0, 0.05) is 0 Å². The summed E-state index contributed by atoms with van der Waals surface area (Å²) in [5, 5.41) is 14.5. The van der Waals surface area contributed by atoms with Crippen molar-refractivity contribution < 1.29 is 4.52 Å². The second-order valence-corrected chi connectivity index (χ2v) is 6.51. The summed E-state index contributed by atoms with van der Waals surface area (Å²) >= 11 is 1.56. The minimum absolute atomic E-state index is 0.464. The Kier molecular flexibility index (Phi) is 3.70. The molecule has 7 heteroatoms. The monoisotopic (exact) mass is 337 g/mol. The van der Waals surface area contributed by atoms with Crippen LogP contribution in [0.5, 0.6) is 0 Å². The van der Waals surface area contributed by atoms with Crippen molar-refractivity contribution in [1.82, 2.24) is 25.1 Å². The highest BCUT2D eigenvalue weighted by molar-refractivity contribution is 7.13. The molecule has 1 aromatic carbocycles. The van der Waals surface area contributed by atoms with Crippen LogP contribution in [0.1, 0.15) is 16.8 Å². The van der Waals surface area contributed by atoms with Crippen molar-refractivity contribution in [2.75, 3.05) is 0 Å². The molecule has 4 rings (SSSR count). The number of aromatic nitrogens is 5. The van der Waals surface area contributed by atoms with Crippen molar-refractivity contribution in [3.05, 3.63) is 58.6 Å². The second-order valence-electron chi connectivity index (χ2n) is 5.57. The van der Waals surface area contributed by atoms with Gasteiger partial charge in [-0.1, -0.05) is 46.3 Å². The van der Waals surface area contributed by atoms with E-state index in [4.69, 9.17) is 4.52 Å². The third-order valence-electron chi connectivity index (χ3n) is 3.81. The number of aryl methyl sites for hydroxylation is 1. The smallest absolute Gasteiger partial charge is 0.268 e. The Bertz CT molecular complexity index is 953. The van der Waals surface area contributed by atoms with Crippen molar-refractivity contribution in [1.29, 1.82) is 0 Å². The Morgan fingerprint density at radius 3 is 2.71 bits per heavy atom. The van der Waals surface area contributed by atoms with Crippen LogP contribution in [0.25, 0.3) is 22.3 Å². The fraction of sp³-hybridized carbons (Fsp3) is 0.176. The van der Waals surface area contributed by atoms with Crippen molar-refractivity contribution in [3.63, 3.8) is 0 Å². The molecule has 0 aliphatic rings. The van der Waals surface area contributed by atoms with Gasteiger partial charge >= 0.3 is 0 Å². The highest BCUT2D eigenvalue weighted by Crippen LogP contribution is 2.26. The van der Waals surface area contributed by atoms with Crippen LogP contribution in [-0.4, -0.2) is 25.1 Å². The van der Waals surface area contributed by atoms with E-state index in [1.54, 1.807) is 11.3 Å². The Morgan fingerprint density at radius 1 is 1.12 bits per heavy atom. The Morgan fingerprint density at radius 2 is 1.96 bits per heavy atom. The number of thiophene rings is 1. The molecule has 0 N–H and O–H groups in total. The molecule has 0 aliphatic heterocycles. The number of hydrogen-bond donors (Lipinski definition) is 0. The summed E-state index contributed by atoms with van der Waals surface area (Å²) in [6.07, 6.45) is 0. The van der Waals surface area contributed by atoms with Gasteiger partial charge in [0.1, 0.15) is 0 Å². The molecule has 0 bridgehead atoms. The molecule has 24 heavy (non-hydrogen) atoms. The standard InChI is InChI=1S/C17H15N5OS/c1-11-5-7-13(8-6-11)10-22-12(2)15(19-21-22)16-18-17(23-20-16)14-4-3-9-24-14/h3-9H,10H2,1-2H3. The fourth-order valence-electron chi connectivity index (χ4n) is 2.40. The molecule has 0 radical (unpaired) electrons. The van der Waals surface area contributed by atoms with Crippen molar-refractivity contribution >= 4 is 11.3 Å². The summed E-state index contributed by atoms with van der Waals surface area (Å²) in [5.41, 5.74) is 3.97. The lowest BCUT2D eigenvalue weighted by molar-refractivity contribution is 0.433. The SMILES string of the molecule is Cc1ccc(Cn2nnc(-c3noc(-c4cccs4)n3)c2C)cc1. The van der Waals surface area contributed by atoms with Gasteiger partial charge in [0.2, 0.25) is 5.82 Å². The summed E-state index contributed by atoms with van der Waals surface area (Å²) in [7, 11) is 0. The number of nitrogens with zero attached hydrogens (tertiary/aromatic N) is 5. The van der Waals surface area contributed by atoms with Crippen molar-refractivity contribution in [2.45, 2.75) is 20.4 Å². The van der Waals surface area contributed by atoms with E-state index < -0.39 is 0 Å². The molecule has 3 aromatic heterocycles. The largest absolute Gasteiger partial charge is 0.333 e. The highest BCUT2D eigenvalue weighted by Gasteiger charge is 2.18. The zero-order valence-corrected chi connectivity index (χ0v) is 14.1. The second kappa shape index (κ2) is 6.01. The van der Waals surface area contributed by atoms with Crippen molar-refractivity contribution in [3.8, 4) is 22.3 Å². The van der Waals surface area contributed by atoms with E-state index in [0.29, 0.717) is 24.0 Å². The van der Waals surface area contributed by atoms with E-state index in [1.165, 1.54) is 11.1 Å². The topological polar surface area (TPSA) is 69.6 Å². The maximum atomic E-state index is 5.33. The van der Waals surface area contributed by atoms with E-state index in [9.17, 15) is 0 Å². The third kappa shape index (κ3) is 2.74. The van der Waals surface area contributed by atoms with Gasteiger partial charge in [-0.25, -0.2) is 4.68 Å². The number of hydrogen-bond acceptors (Lipinski definition) is 6. The van der Waals surface area contributed by atoms with Crippen molar-refractivity contribution in [2.24, 2.45) is 0 Å². The van der Waals surface area contributed by atoms with Gasteiger partial charge in [0.15, 0.2) is 5.69 Å². The molecular weight excluding hydrogens is 322 g/mol. The molecule has 0 saturated carbocycles. The van der Waals surface area contributed by atoms with Crippen LogP contribution >= 0.6 is 11.3 Å².